The monoisotopic (exact) mass is 311 g/mol. The minimum Gasteiger partial charge on any atom is -0.304 e. The van der Waals surface area contributed by atoms with E-state index in [-0.39, 0.29) is 22.1 Å². The smallest absolute Gasteiger partial charge is 0.240 e. The van der Waals surface area contributed by atoms with Crippen LogP contribution in [0.15, 0.2) is 5.10 Å². The summed E-state index contributed by atoms with van der Waals surface area (Å²) in [6.45, 7) is 9.69. The van der Waals surface area contributed by atoms with Gasteiger partial charge < -0.3 is 5.32 Å². The van der Waals surface area contributed by atoms with Gasteiger partial charge in [-0.25, -0.2) is 5.01 Å². The second kappa shape index (κ2) is 5.63. The molecule has 1 saturated carbocycles. The van der Waals surface area contributed by atoms with Crippen molar-refractivity contribution in [1.29, 1.82) is 0 Å². The van der Waals surface area contributed by atoms with Gasteiger partial charge in [0.25, 0.3) is 0 Å². The molecule has 6 heteroatoms. The maximum absolute atomic E-state index is 12.1. The van der Waals surface area contributed by atoms with Crippen LogP contribution in [0.3, 0.4) is 0 Å². The molecule has 1 spiro atoms. The molecule has 0 unspecified atom stereocenters. The van der Waals surface area contributed by atoms with Gasteiger partial charge in [0.05, 0.1) is 0 Å². The Bertz CT molecular complexity index is 484. The van der Waals surface area contributed by atoms with Gasteiger partial charge in [-0.05, 0) is 24.2 Å². The maximum Gasteiger partial charge on any atom is 0.240 e. The Morgan fingerprint density at radius 1 is 1.33 bits per heavy atom. The predicted molar refractivity (Wildman–Crippen MR) is 85.5 cm³/mol. The molecule has 2 aliphatic rings. The molecule has 1 heterocycles. The third-order valence-electron chi connectivity index (χ3n) is 4.27. The highest BCUT2D eigenvalue weighted by atomic mass is 32.2. The SMILES string of the molecule is CC(=O)NC1=NN(C(C)=O)[C@]2(CCCC[C@H]2C(C)(C)C)S1. The number of amides is 2. The van der Waals surface area contributed by atoms with Crippen molar-refractivity contribution in [3.05, 3.63) is 0 Å². The topological polar surface area (TPSA) is 61.8 Å². The molecule has 1 aliphatic carbocycles. The summed E-state index contributed by atoms with van der Waals surface area (Å²) in [5.41, 5.74) is 0.0856. The van der Waals surface area contributed by atoms with Gasteiger partial charge in [0.1, 0.15) is 4.87 Å². The van der Waals surface area contributed by atoms with Crippen LogP contribution in [0.25, 0.3) is 0 Å². The van der Waals surface area contributed by atoms with Crippen LogP contribution in [0.1, 0.15) is 60.3 Å². The van der Waals surface area contributed by atoms with Crippen LogP contribution in [0.5, 0.6) is 0 Å². The molecule has 2 rings (SSSR count). The number of rotatable bonds is 0. The van der Waals surface area contributed by atoms with Crippen LogP contribution in [-0.4, -0.2) is 26.9 Å². The molecule has 0 aromatic carbocycles. The number of thioether (sulfide) groups is 1. The number of carbonyl (C=O) groups excluding carboxylic acids is 2. The van der Waals surface area contributed by atoms with E-state index in [0.29, 0.717) is 11.1 Å². The van der Waals surface area contributed by atoms with Crippen LogP contribution in [0.2, 0.25) is 0 Å². The van der Waals surface area contributed by atoms with Crippen LogP contribution in [0, 0.1) is 11.3 Å². The van der Waals surface area contributed by atoms with Gasteiger partial charge in [0.15, 0.2) is 5.17 Å². The van der Waals surface area contributed by atoms with E-state index < -0.39 is 0 Å². The summed E-state index contributed by atoms with van der Waals surface area (Å²) in [6, 6.07) is 0. The summed E-state index contributed by atoms with van der Waals surface area (Å²) in [5.74, 6) is 0.145. The second-order valence-electron chi connectivity index (χ2n) is 7.03. The van der Waals surface area contributed by atoms with E-state index in [1.165, 1.54) is 13.3 Å². The molecule has 21 heavy (non-hydrogen) atoms. The molecular weight excluding hydrogens is 286 g/mol. The van der Waals surface area contributed by atoms with E-state index in [9.17, 15) is 9.59 Å². The third-order valence-corrected chi connectivity index (χ3v) is 5.66. The zero-order chi connectivity index (χ0) is 15.8. The predicted octanol–water partition coefficient (Wildman–Crippen LogP) is 2.92. The molecule has 0 aromatic heterocycles. The zero-order valence-corrected chi connectivity index (χ0v) is 14.3. The fourth-order valence-electron chi connectivity index (χ4n) is 3.56. The van der Waals surface area contributed by atoms with Gasteiger partial charge >= 0.3 is 0 Å². The molecular formula is C15H25N3O2S. The Balaban J connectivity index is 2.38. The van der Waals surface area contributed by atoms with Crippen LogP contribution >= 0.6 is 11.8 Å². The molecule has 2 amide bonds. The van der Waals surface area contributed by atoms with Crippen LogP contribution in [0.4, 0.5) is 0 Å². The van der Waals surface area contributed by atoms with E-state index in [2.05, 4.69) is 31.2 Å². The number of amidine groups is 1. The Labute approximate surface area is 130 Å². The first-order valence-electron chi connectivity index (χ1n) is 7.53. The molecule has 0 saturated heterocycles. The number of hydrogen-bond acceptors (Lipinski definition) is 4. The molecule has 0 radical (unpaired) electrons. The van der Waals surface area contributed by atoms with Crippen molar-refractivity contribution in [1.82, 2.24) is 10.3 Å². The first-order valence-corrected chi connectivity index (χ1v) is 8.34. The number of nitrogens with zero attached hydrogens (tertiary/aromatic N) is 2. The summed E-state index contributed by atoms with van der Waals surface area (Å²) >= 11 is 1.56. The van der Waals surface area contributed by atoms with Crippen molar-refractivity contribution >= 4 is 28.7 Å². The highest BCUT2D eigenvalue weighted by Crippen LogP contribution is 2.55. The molecule has 2 atom stereocenters. The normalized spacial score (nSPS) is 29.5. The highest BCUT2D eigenvalue weighted by Gasteiger charge is 2.55. The lowest BCUT2D eigenvalue weighted by Gasteiger charge is -2.49. The average Bonchev–Trinajstić information content (AvgIpc) is 2.66. The van der Waals surface area contributed by atoms with Gasteiger partial charge in [0, 0.05) is 13.8 Å². The maximum atomic E-state index is 12.1. The number of hydrogen-bond donors (Lipinski definition) is 1. The first-order chi connectivity index (χ1) is 9.67. The minimum absolute atomic E-state index is 0.0565. The van der Waals surface area contributed by atoms with Gasteiger partial charge in [-0.15, -0.1) is 5.10 Å². The summed E-state index contributed by atoms with van der Waals surface area (Å²) in [6.07, 6.45) is 4.28. The average molecular weight is 311 g/mol. The van der Waals surface area contributed by atoms with Crippen molar-refractivity contribution in [3.8, 4) is 0 Å². The molecule has 5 nitrogen and oxygen atoms in total. The van der Waals surface area contributed by atoms with Crippen LogP contribution in [-0.2, 0) is 9.59 Å². The Morgan fingerprint density at radius 3 is 2.52 bits per heavy atom. The lowest BCUT2D eigenvalue weighted by atomic mass is 9.69. The number of nitrogens with one attached hydrogen (secondary N) is 1. The molecule has 118 valence electrons. The largest absolute Gasteiger partial charge is 0.304 e. The van der Waals surface area contributed by atoms with Gasteiger partial charge in [-0.2, -0.15) is 0 Å². The van der Waals surface area contributed by atoms with E-state index >= 15 is 0 Å². The van der Waals surface area contributed by atoms with E-state index in [4.69, 9.17) is 0 Å². The lowest BCUT2D eigenvalue weighted by molar-refractivity contribution is -0.136. The lowest BCUT2D eigenvalue weighted by Crippen LogP contribution is -2.54. The quantitative estimate of drug-likeness (QED) is 0.748. The fraction of sp³-hybridized carbons (Fsp3) is 0.800. The van der Waals surface area contributed by atoms with E-state index in [1.54, 1.807) is 23.7 Å². The van der Waals surface area contributed by atoms with Crippen molar-refractivity contribution in [3.63, 3.8) is 0 Å². The van der Waals surface area contributed by atoms with Crippen LogP contribution < -0.4 is 5.32 Å². The van der Waals surface area contributed by atoms with Gasteiger partial charge in [-0.3, -0.25) is 9.59 Å². The van der Waals surface area contributed by atoms with E-state index in [1.807, 2.05) is 0 Å². The molecule has 1 N–H and O–H groups in total. The van der Waals surface area contributed by atoms with Gasteiger partial charge in [-0.1, -0.05) is 45.4 Å². The molecule has 1 fully saturated rings. The summed E-state index contributed by atoms with van der Waals surface area (Å²) < 4.78 is 0. The summed E-state index contributed by atoms with van der Waals surface area (Å²) in [7, 11) is 0. The van der Waals surface area contributed by atoms with Crippen molar-refractivity contribution in [2.75, 3.05) is 0 Å². The number of hydrazone groups is 1. The highest BCUT2D eigenvalue weighted by molar-refractivity contribution is 8.15. The molecule has 0 bridgehead atoms. The van der Waals surface area contributed by atoms with Gasteiger partial charge in [0.2, 0.25) is 11.8 Å². The van der Waals surface area contributed by atoms with Crippen molar-refractivity contribution in [2.24, 2.45) is 16.4 Å². The standard InChI is InChI=1S/C15H25N3O2S/c1-10(19)16-13-17-18(11(2)20)15(21-13)9-7-6-8-12(15)14(3,4)5/h12H,6-9H2,1-5H3,(H,16,17,19)/t12-,15+/m0/s1. The molecule has 0 aromatic rings. The Kier molecular flexibility index (Phi) is 4.38. The summed E-state index contributed by atoms with van der Waals surface area (Å²) in [4.78, 5) is 23.1. The van der Waals surface area contributed by atoms with E-state index in [0.717, 1.165) is 19.3 Å². The fourth-order valence-corrected chi connectivity index (χ4v) is 5.32. The minimum atomic E-state index is -0.347. The number of carbonyl (C=O) groups is 2. The third kappa shape index (κ3) is 3.10. The Hall–Kier alpha value is -1.04. The zero-order valence-electron chi connectivity index (χ0n) is 13.5. The summed E-state index contributed by atoms with van der Waals surface area (Å²) in [5, 5.41) is 9.32. The second-order valence-corrected chi connectivity index (χ2v) is 8.33. The molecule has 1 aliphatic heterocycles. The Morgan fingerprint density at radius 2 is 2.00 bits per heavy atom. The van der Waals surface area contributed by atoms with Crippen molar-refractivity contribution < 1.29 is 9.59 Å². The van der Waals surface area contributed by atoms with Crippen molar-refractivity contribution in [2.45, 2.75) is 65.2 Å². The first kappa shape index (κ1) is 16.3.